The van der Waals surface area contributed by atoms with Crippen LogP contribution < -0.4 is 10.8 Å². The zero-order valence-corrected chi connectivity index (χ0v) is 19.3. The number of alkyl halides is 3. The van der Waals surface area contributed by atoms with E-state index in [-0.39, 0.29) is 37.6 Å². The van der Waals surface area contributed by atoms with Gasteiger partial charge in [-0.15, -0.1) is 0 Å². The van der Waals surface area contributed by atoms with Crippen molar-refractivity contribution in [2.24, 2.45) is 0 Å². The topological polar surface area (TPSA) is 59.6 Å². The number of hydroxylamine groups is 1. The molecule has 1 aliphatic rings. The van der Waals surface area contributed by atoms with Gasteiger partial charge in [0.1, 0.15) is 5.60 Å². The van der Waals surface area contributed by atoms with Crippen LogP contribution in [0.5, 0.6) is 0 Å². The Labute approximate surface area is 197 Å². The highest BCUT2D eigenvalue weighted by molar-refractivity contribution is 6.34. The summed E-state index contributed by atoms with van der Waals surface area (Å²) in [6, 6.07) is 7.86. The Hall–Kier alpha value is -2.13. The van der Waals surface area contributed by atoms with Gasteiger partial charge in [-0.3, -0.25) is 15.6 Å². The molecule has 5 nitrogen and oxygen atoms in total. The Morgan fingerprint density at radius 2 is 1.69 bits per heavy atom. The molecule has 1 unspecified atom stereocenters. The first-order valence-corrected chi connectivity index (χ1v) is 10.3. The van der Waals surface area contributed by atoms with Gasteiger partial charge in [-0.25, -0.2) is 4.79 Å². The highest BCUT2D eigenvalue weighted by Gasteiger charge is 2.59. The molecule has 11 heteroatoms. The number of hydrogen-bond donors (Lipinski definition) is 2. The molecule has 0 radical (unpaired) electrons. The maximum atomic E-state index is 14.1. The van der Waals surface area contributed by atoms with Crippen molar-refractivity contribution in [2.75, 3.05) is 5.32 Å². The molecule has 0 aliphatic carbocycles. The van der Waals surface area contributed by atoms with Gasteiger partial charge in [0.2, 0.25) is 5.60 Å². The number of rotatable bonds is 3. The predicted octanol–water partition coefficient (Wildman–Crippen LogP) is 7.33. The highest BCUT2D eigenvalue weighted by atomic mass is 35.5. The number of hydrogen-bond acceptors (Lipinski definition) is 4. The van der Waals surface area contributed by atoms with E-state index < -0.39 is 23.5 Å². The summed E-state index contributed by atoms with van der Waals surface area (Å²) in [4.78, 5) is 17.1. The smallest absolute Gasteiger partial charge is 0.428 e. The Bertz CT molecular complexity index is 1060. The molecule has 0 spiro atoms. The maximum Gasteiger partial charge on any atom is 0.428 e. The number of amides is 1. The molecular formula is C21H18Cl3F3N2O3. The molecule has 3 rings (SSSR count). The molecule has 1 amide bonds. The zero-order chi connectivity index (χ0) is 23.9. The van der Waals surface area contributed by atoms with Crippen molar-refractivity contribution in [3.05, 3.63) is 68.7 Å². The Morgan fingerprint density at radius 1 is 1.06 bits per heavy atom. The molecular weight excluding hydrogens is 492 g/mol. The van der Waals surface area contributed by atoms with Crippen molar-refractivity contribution in [2.45, 2.75) is 38.1 Å². The van der Waals surface area contributed by atoms with E-state index in [0.29, 0.717) is 0 Å². The first-order chi connectivity index (χ1) is 14.7. The van der Waals surface area contributed by atoms with E-state index in [9.17, 15) is 18.0 Å². The van der Waals surface area contributed by atoms with E-state index in [2.05, 4.69) is 10.8 Å². The first kappa shape index (κ1) is 24.5. The second kappa shape index (κ2) is 8.67. The van der Waals surface area contributed by atoms with E-state index in [4.69, 9.17) is 44.4 Å². The van der Waals surface area contributed by atoms with Gasteiger partial charge >= 0.3 is 12.3 Å². The summed E-state index contributed by atoms with van der Waals surface area (Å²) in [5.41, 5.74) is -1.14. The van der Waals surface area contributed by atoms with Crippen molar-refractivity contribution in [1.29, 1.82) is 0 Å². The third kappa shape index (κ3) is 5.26. The van der Waals surface area contributed by atoms with Crippen molar-refractivity contribution < 1.29 is 27.5 Å². The quantitative estimate of drug-likeness (QED) is 0.455. The second-order valence-corrected chi connectivity index (χ2v) is 9.26. The fourth-order valence-electron chi connectivity index (χ4n) is 2.96. The minimum absolute atomic E-state index is 0.00216. The standard InChI is InChI=1S/C21H18Cl3F3N2O3/c1-19(2,3)31-18(30)28-16-6-11(4-5-15(16)24)17-10-20(32-29-17,21(25,26)27)12-7-13(22)9-14(23)8-12/h4-10,29H,1-3H3,(H,28,30). The van der Waals surface area contributed by atoms with Crippen LogP contribution in [-0.4, -0.2) is 17.9 Å². The average molecular weight is 510 g/mol. The lowest BCUT2D eigenvalue weighted by Crippen LogP contribution is -2.42. The molecule has 0 fully saturated rings. The lowest BCUT2D eigenvalue weighted by molar-refractivity contribution is -0.269. The zero-order valence-electron chi connectivity index (χ0n) is 17.0. The van der Waals surface area contributed by atoms with Gasteiger partial charge in [0.05, 0.1) is 16.4 Å². The Kier molecular flexibility index (Phi) is 6.64. The summed E-state index contributed by atoms with van der Waals surface area (Å²) >= 11 is 17.9. The van der Waals surface area contributed by atoms with Gasteiger partial charge in [-0.1, -0.05) is 40.9 Å². The number of halogens is 6. The normalized spacial score (nSPS) is 18.7. The summed E-state index contributed by atoms with van der Waals surface area (Å²) in [5, 5.41) is 2.70. The monoisotopic (exact) mass is 508 g/mol. The third-order valence-electron chi connectivity index (χ3n) is 4.30. The maximum absolute atomic E-state index is 14.1. The summed E-state index contributed by atoms with van der Waals surface area (Å²) in [5.74, 6) is 0. The average Bonchev–Trinajstić information content (AvgIpc) is 3.08. The summed E-state index contributed by atoms with van der Waals surface area (Å²) in [6.45, 7) is 5.07. The fourth-order valence-corrected chi connectivity index (χ4v) is 3.65. The van der Waals surface area contributed by atoms with Gasteiger partial charge in [0.15, 0.2) is 0 Å². The van der Waals surface area contributed by atoms with Crippen LogP contribution >= 0.6 is 34.8 Å². The number of anilines is 1. The molecule has 1 aliphatic heterocycles. The number of carbonyl (C=O) groups is 1. The van der Waals surface area contributed by atoms with Crippen molar-refractivity contribution in [1.82, 2.24) is 5.48 Å². The van der Waals surface area contributed by atoms with E-state index in [1.807, 2.05) is 0 Å². The number of ether oxygens (including phenoxy) is 1. The molecule has 2 N–H and O–H groups in total. The van der Waals surface area contributed by atoms with Crippen molar-refractivity contribution in [3.8, 4) is 0 Å². The second-order valence-electron chi connectivity index (χ2n) is 7.98. The molecule has 2 aromatic carbocycles. The van der Waals surface area contributed by atoms with Crippen molar-refractivity contribution in [3.63, 3.8) is 0 Å². The van der Waals surface area contributed by atoms with Crippen LogP contribution in [0, 0.1) is 0 Å². The third-order valence-corrected chi connectivity index (χ3v) is 5.06. The predicted molar refractivity (Wildman–Crippen MR) is 118 cm³/mol. The number of carbonyl (C=O) groups excluding carboxylic acids is 1. The Balaban J connectivity index is 2.00. The van der Waals surface area contributed by atoms with E-state index in [0.717, 1.165) is 18.2 Å². The fraction of sp³-hybridized carbons (Fsp3) is 0.286. The summed E-state index contributed by atoms with van der Waals surface area (Å²) in [7, 11) is 0. The first-order valence-electron chi connectivity index (χ1n) is 9.20. The van der Waals surface area contributed by atoms with E-state index in [1.165, 1.54) is 24.3 Å². The van der Waals surface area contributed by atoms with Crippen LogP contribution in [0.15, 0.2) is 42.5 Å². The largest absolute Gasteiger partial charge is 0.444 e. The minimum atomic E-state index is -4.85. The lowest BCUT2D eigenvalue weighted by Gasteiger charge is -2.28. The Morgan fingerprint density at radius 3 is 2.25 bits per heavy atom. The summed E-state index contributed by atoms with van der Waals surface area (Å²) < 4.78 is 47.6. The highest BCUT2D eigenvalue weighted by Crippen LogP contribution is 2.48. The van der Waals surface area contributed by atoms with Crippen LogP contribution in [0.4, 0.5) is 23.7 Å². The van der Waals surface area contributed by atoms with Crippen LogP contribution in [0.25, 0.3) is 5.70 Å². The summed E-state index contributed by atoms with van der Waals surface area (Å²) in [6.07, 6.45) is -4.74. The molecule has 1 atom stereocenters. The van der Waals surface area contributed by atoms with Crippen molar-refractivity contribution >= 4 is 52.3 Å². The van der Waals surface area contributed by atoms with Gasteiger partial charge < -0.3 is 4.74 Å². The van der Waals surface area contributed by atoms with E-state index >= 15 is 0 Å². The SMILES string of the molecule is CC(C)(C)OC(=O)Nc1cc(C2=CC(c3cc(Cl)cc(Cl)c3)(C(F)(F)F)ON2)ccc1Cl. The molecule has 0 saturated heterocycles. The lowest BCUT2D eigenvalue weighted by atomic mass is 9.91. The molecule has 0 bridgehead atoms. The molecule has 0 saturated carbocycles. The molecule has 32 heavy (non-hydrogen) atoms. The molecule has 2 aromatic rings. The van der Waals surface area contributed by atoms with Gasteiger partial charge in [0, 0.05) is 21.2 Å². The molecule has 0 aromatic heterocycles. The minimum Gasteiger partial charge on any atom is -0.444 e. The van der Waals surface area contributed by atoms with Crippen LogP contribution in [-0.2, 0) is 15.2 Å². The van der Waals surface area contributed by atoms with Gasteiger partial charge in [0.25, 0.3) is 0 Å². The van der Waals surface area contributed by atoms with E-state index in [1.54, 1.807) is 20.8 Å². The number of benzene rings is 2. The van der Waals surface area contributed by atoms with Gasteiger partial charge in [-0.2, -0.15) is 13.2 Å². The van der Waals surface area contributed by atoms with Crippen LogP contribution in [0.1, 0.15) is 31.9 Å². The van der Waals surface area contributed by atoms with Crippen LogP contribution in [0.3, 0.4) is 0 Å². The van der Waals surface area contributed by atoms with Gasteiger partial charge in [-0.05, 0) is 57.2 Å². The molecule has 1 heterocycles. The van der Waals surface area contributed by atoms with Crippen LogP contribution in [0.2, 0.25) is 15.1 Å². The molecule has 172 valence electrons. The number of nitrogens with one attached hydrogen (secondary N) is 2.